The predicted octanol–water partition coefficient (Wildman–Crippen LogP) is 2.99. The molecule has 4 rings (SSSR count). The zero-order valence-corrected chi connectivity index (χ0v) is 14.0. The van der Waals surface area contributed by atoms with E-state index in [0.29, 0.717) is 12.1 Å². The maximum absolute atomic E-state index is 12.6. The van der Waals surface area contributed by atoms with Crippen LogP contribution in [0.2, 0.25) is 0 Å². The van der Waals surface area contributed by atoms with Gasteiger partial charge in [0, 0.05) is 36.9 Å². The van der Waals surface area contributed by atoms with E-state index in [1.807, 2.05) is 65.5 Å². The molecule has 0 fully saturated rings. The summed E-state index contributed by atoms with van der Waals surface area (Å²) in [5.74, 6) is -0.126. The average molecular weight is 343 g/mol. The van der Waals surface area contributed by atoms with E-state index >= 15 is 0 Å². The van der Waals surface area contributed by atoms with Gasteiger partial charge < -0.3 is 9.88 Å². The molecule has 0 aliphatic rings. The Morgan fingerprint density at radius 3 is 2.73 bits per heavy atom. The molecule has 0 saturated carbocycles. The second-order valence-electron chi connectivity index (χ2n) is 5.78. The molecular weight excluding hydrogens is 326 g/mol. The van der Waals surface area contributed by atoms with Crippen molar-refractivity contribution < 1.29 is 4.79 Å². The molecule has 6 nitrogen and oxygen atoms in total. The quantitative estimate of drug-likeness (QED) is 0.606. The van der Waals surface area contributed by atoms with Crippen molar-refractivity contribution in [2.75, 3.05) is 0 Å². The highest BCUT2D eigenvalue weighted by atomic mass is 16.1. The third-order valence-corrected chi connectivity index (χ3v) is 4.09. The minimum Gasteiger partial charge on any atom is -0.348 e. The van der Waals surface area contributed by atoms with Crippen molar-refractivity contribution in [3.8, 4) is 11.4 Å². The van der Waals surface area contributed by atoms with Gasteiger partial charge in [-0.1, -0.05) is 24.3 Å². The second kappa shape index (κ2) is 7.06. The van der Waals surface area contributed by atoms with Gasteiger partial charge >= 0.3 is 0 Å². The van der Waals surface area contributed by atoms with Crippen LogP contribution in [0.5, 0.6) is 0 Å². The number of hydrogen-bond acceptors (Lipinski definition) is 3. The van der Waals surface area contributed by atoms with Crippen molar-refractivity contribution in [1.29, 1.82) is 0 Å². The molecule has 0 aliphatic heterocycles. The molecule has 6 heteroatoms. The molecule has 2 aromatic heterocycles. The number of hydrogen-bond donors (Lipinski definition) is 1. The van der Waals surface area contributed by atoms with E-state index < -0.39 is 0 Å². The Labute approximate surface area is 150 Å². The summed E-state index contributed by atoms with van der Waals surface area (Å²) in [6.45, 7) is 0.430. The lowest BCUT2D eigenvalue weighted by Crippen LogP contribution is -2.23. The first kappa shape index (κ1) is 15.8. The van der Waals surface area contributed by atoms with Crippen molar-refractivity contribution >= 4 is 5.91 Å². The summed E-state index contributed by atoms with van der Waals surface area (Å²) < 4.78 is 3.66. The third-order valence-electron chi connectivity index (χ3n) is 4.09. The monoisotopic (exact) mass is 343 g/mol. The summed E-state index contributed by atoms with van der Waals surface area (Å²) >= 11 is 0. The maximum atomic E-state index is 12.6. The van der Waals surface area contributed by atoms with Crippen molar-refractivity contribution in [3.05, 3.63) is 96.8 Å². The summed E-state index contributed by atoms with van der Waals surface area (Å²) in [4.78, 5) is 16.7. The van der Waals surface area contributed by atoms with Gasteiger partial charge in [-0.2, -0.15) is 5.10 Å². The van der Waals surface area contributed by atoms with Crippen LogP contribution in [0.25, 0.3) is 11.4 Å². The fraction of sp³-hybridized carbons (Fsp3) is 0.0500. The second-order valence-corrected chi connectivity index (χ2v) is 5.78. The molecule has 0 spiro atoms. The summed E-state index contributed by atoms with van der Waals surface area (Å²) in [6.07, 6.45) is 8.91. The zero-order valence-electron chi connectivity index (χ0n) is 14.0. The van der Waals surface area contributed by atoms with Crippen LogP contribution in [0, 0.1) is 0 Å². The van der Waals surface area contributed by atoms with Crippen LogP contribution in [-0.2, 0) is 6.54 Å². The molecule has 2 heterocycles. The smallest absolute Gasteiger partial charge is 0.251 e. The van der Waals surface area contributed by atoms with E-state index in [1.54, 1.807) is 29.5 Å². The SMILES string of the molecule is O=C(NCc1ccccc1-n1ccnc1)c1cccc(-n2cccn2)c1. The van der Waals surface area contributed by atoms with Crippen LogP contribution in [0.15, 0.2) is 85.7 Å². The largest absolute Gasteiger partial charge is 0.348 e. The van der Waals surface area contributed by atoms with Gasteiger partial charge in [0.25, 0.3) is 5.91 Å². The highest BCUT2D eigenvalue weighted by Crippen LogP contribution is 2.15. The Bertz CT molecular complexity index is 1010. The Hall–Kier alpha value is -3.67. The fourth-order valence-corrected chi connectivity index (χ4v) is 2.80. The normalized spacial score (nSPS) is 10.6. The van der Waals surface area contributed by atoms with E-state index in [2.05, 4.69) is 15.4 Å². The Morgan fingerprint density at radius 1 is 1.00 bits per heavy atom. The highest BCUT2D eigenvalue weighted by molar-refractivity contribution is 5.94. The third kappa shape index (κ3) is 3.25. The summed E-state index contributed by atoms with van der Waals surface area (Å²) in [6, 6.07) is 17.2. The average Bonchev–Trinajstić information content (AvgIpc) is 3.40. The van der Waals surface area contributed by atoms with Crippen molar-refractivity contribution in [2.24, 2.45) is 0 Å². The van der Waals surface area contributed by atoms with E-state index in [0.717, 1.165) is 16.9 Å². The number of nitrogens with zero attached hydrogens (tertiary/aromatic N) is 4. The number of benzene rings is 2. The number of carbonyl (C=O) groups excluding carboxylic acids is 1. The molecule has 0 aliphatic carbocycles. The maximum Gasteiger partial charge on any atom is 0.251 e. The number of imidazole rings is 1. The van der Waals surface area contributed by atoms with Gasteiger partial charge in [0.2, 0.25) is 0 Å². The van der Waals surface area contributed by atoms with Gasteiger partial charge in [0.1, 0.15) is 0 Å². The van der Waals surface area contributed by atoms with Gasteiger partial charge in [-0.15, -0.1) is 0 Å². The molecule has 0 saturated heterocycles. The summed E-state index contributed by atoms with van der Waals surface area (Å²) in [5, 5.41) is 7.18. The number of nitrogens with one attached hydrogen (secondary N) is 1. The number of aromatic nitrogens is 4. The van der Waals surface area contributed by atoms with E-state index in [9.17, 15) is 4.79 Å². The first-order valence-corrected chi connectivity index (χ1v) is 8.26. The van der Waals surface area contributed by atoms with Crippen molar-refractivity contribution in [3.63, 3.8) is 0 Å². The Kier molecular flexibility index (Phi) is 4.30. The van der Waals surface area contributed by atoms with Crippen molar-refractivity contribution in [2.45, 2.75) is 6.54 Å². The Balaban J connectivity index is 1.51. The van der Waals surface area contributed by atoms with Crippen LogP contribution >= 0.6 is 0 Å². The number of carbonyl (C=O) groups is 1. The van der Waals surface area contributed by atoms with Gasteiger partial charge in [0.05, 0.1) is 17.7 Å². The fourth-order valence-electron chi connectivity index (χ4n) is 2.80. The molecule has 0 unspecified atom stereocenters. The van der Waals surface area contributed by atoms with Gasteiger partial charge in [-0.25, -0.2) is 9.67 Å². The number of para-hydroxylation sites is 1. The molecule has 0 radical (unpaired) electrons. The first-order chi connectivity index (χ1) is 12.8. The molecular formula is C20H17N5O. The topological polar surface area (TPSA) is 64.7 Å². The molecule has 1 N–H and O–H groups in total. The number of amides is 1. The van der Waals surface area contributed by atoms with Crippen molar-refractivity contribution in [1.82, 2.24) is 24.6 Å². The van der Waals surface area contributed by atoms with Gasteiger partial charge in [-0.05, 0) is 35.9 Å². The lowest BCUT2D eigenvalue weighted by molar-refractivity contribution is 0.0951. The minimum absolute atomic E-state index is 0.126. The zero-order chi connectivity index (χ0) is 17.8. The number of rotatable bonds is 5. The van der Waals surface area contributed by atoms with Gasteiger partial charge in [0.15, 0.2) is 0 Å². The Morgan fingerprint density at radius 2 is 1.92 bits per heavy atom. The van der Waals surface area contributed by atoms with Gasteiger partial charge in [-0.3, -0.25) is 4.79 Å². The highest BCUT2D eigenvalue weighted by Gasteiger charge is 2.09. The van der Waals surface area contributed by atoms with Crippen LogP contribution < -0.4 is 5.32 Å². The summed E-state index contributed by atoms with van der Waals surface area (Å²) in [5.41, 5.74) is 3.46. The van der Waals surface area contributed by atoms with E-state index in [4.69, 9.17) is 0 Å². The first-order valence-electron chi connectivity index (χ1n) is 8.26. The molecule has 1 amide bonds. The lowest BCUT2D eigenvalue weighted by Gasteiger charge is -2.11. The van der Waals surface area contributed by atoms with Crippen LogP contribution in [0.1, 0.15) is 15.9 Å². The molecule has 0 bridgehead atoms. The lowest BCUT2D eigenvalue weighted by atomic mass is 10.1. The van der Waals surface area contributed by atoms with Crippen LogP contribution in [-0.4, -0.2) is 25.2 Å². The standard InChI is InChI=1S/C20H17N5O/c26-20(16-6-3-7-18(13-16)25-11-4-9-23-25)22-14-17-5-1-2-8-19(17)24-12-10-21-15-24/h1-13,15H,14H2,(H,22,26). The molecule has 2 aromatic carbocycles. The molecule has 26 heavy (non-hydrogen) atoms. The summed E-state index contributed by atoms with van der Waals surface area (Å²) in [7, 11) is 0. The molecule has 128 valence electrons. The molecule has 0 atom stereocenters. The predicted molar refractivity (Wildman–Crippen MR) is 98.3 cm³/mol. The van der Waals surface area contributed by atoms with Crippen LogP contribution in [0.3, 0.4) is 0 Å². The van der Waals surface area contributed by atoms with Crippen LogP contribution in [0.4, 0.5) is 0 Å². The van der Waals surface area contributed by atoms with E-state index in [-0.39, 0.29) is 5.91 Å². The molecule has 4 aromatic rings. The van der Waals surface area contributed by atoms with E-state index in [1.165, 1.54) is 0 Å². The minimum atomic E-state index is -0.126.